The molecule has 4 nitrogen and oxygen atoms in total. The molecule has 0 saturated heterocycles. The van der Waals surface area contributed by atoms with Gasteiger partial charge in [0.2, 0.25) is 0 Å². The first-order valence-corrected chi connectivity index (χ1v) is 3.72. The monoisotopic (exact) mass is 159 g/mol. The Bertz CT molecular complexity index is 134. The molecule has 0 aromatic carbocycles. The zero-order valence-electron chi connectivity index (χ0n) is 7.40. The summed E-state index contributed by atoms with van der Waals surface area (Å²) in [5, 5.41) is 5.27. The topological polar surface area (TPSA) is 67.2 Å². The largest absolute Gasteiger partial charge is 0.341 e. The standard InChI is InChI=1S/C7H17N3O/c1-7(2,4-5-8)10-6(11)9-3/h4-5,8H2,1-3H3,(H2,9,10,11). The zero-order chi connectivity index (χ0) is 8.91. The number of urea groups is 1. The van der Waals surface area contributed by atoms with Crippen molar-refractivity contribution < 1.29 is 4.79 Å². The van der Waals surface area contributed by atoms with Crippen molar-refractivity contribution in [2.24, 2.45) is 5.73 Å². The highest BCUT2D eigenvalue weighted by Crippen LogP contribution is 2.05. The summed E-state index contributed by atoms with van der Waals surface area (Å²) in [4.78, 5) is 10.8. The number of nitrogens with two attached hydrogens (primary N) is 1. The van der Waals surface area contributed by atoms with Crippen LogP contribution in [0.2, 0.25) is 0 Å². The number of carbonyl (C=O) groups is 1. The lowest BCUT2D eigenvalue weighted by atomic mass is 10.0. The van der Waals surface area contributed by atoms with Gasteiger partial charge in [0.05, 0.1) is 0 Å². The molecule has 0 aliphatic heterocycles. The van der Waals surface area contributed by atoms with Crippen molar-refractivity contribution in [3.63, 3.8) is 0 Å². The SMILES string of the molecule is CNC(=O)NC(C)(C)CCN. The summed E-state index contributed by atoms with van der Waals surface area (Å²) in [6.45, 7) is 4.46. The number of rotatable bonds is 3. The summed E-state index contributed by atoms with van der Waals surface area (Å²) in [5.74, 6) is 0. The van der Waals surface area contributed by atoms with E-state index < -0.39 is 0 Å². The zero-order valence-corrected chi connectivity index (χ0v) is 7.40. The quantitative estimate of drug-likeness (QED) is 0.544. The van der Waals surface area contributed by atoms with Gasteiger partial charge in [0.1, 0.15) is 0 Å². The van der Waals surface area contributed by atoms with E-state index in [0.29, 0.717) is 6.54 Å². The Balaban J connectivity index is 3.80. The van der Waals surface area contributed by atoms with Crippen molar-refractivity contribution in [3.05, 3.63) is 0 Å². The predicted octanol–water partition coefficient (Wildman–Crippen LogP) is 0.0428. The molecule has 2 amide bonds. The van der Waals surface area contributed by atoms with E-state index in [-0.39, 0.29) is 11.6 Å². The summed E-state index contributed by atoms with van der Waals surface area (Å²) in [5.41, 5.74) is 5.15. The van der Waals surface area contributed by atoms with E-state index in [9.17, 15) is 4.79 Å². The van der Waals surface area contributed by atoms with Gasteiger partial charge in [-0.3, -0.25) is 0 Å². The molecule has 0 fully saturated rings. The maximum Gasteiger partial charge on any atom is 0.314 e. The highest BCUT2D eigenvalue weighted by molar-refractivity contribution is 5.74. The van der Waals surface area contributed by atoms with E-state index in [0.717, 1.165) is 6.42 Å². The molecule has 0 saturated carbocycles. The fourth-order valence-corrected chi connectivity index (χ4v) is 0.793. The van der Waals surface area contributed by atoms with Crippen molar-refractivity contribution in [3.8, 4) is 0 Å². The van der Waals surface area contributed by atoms with Crippen molar-refractivity contribution in [2.45, 2.75) is 25.8 Å². The second-order valence-electron chi connectivity index (χ2n) is 3.13. The second-order valence-corrected chi connectivity index (χ2v) is 3.13. The van der Waals surface area contributed by atoms with E-state index in [1.807, 2.05) is 13.8 Å². The Morgan fingerprint density at radius 2 is 2.09 bits per heavy atom. The van der Waals surface area contributed by atoms with Crippen LogP contribution in [-0.4, -0.2) is 25.2 Å². The predicted molar refractivity (Wildman–Crippen MR) is 45.3 cm³/mol. The normalized spacial score (nSPS) is 10.9. The Morgan fingerprint density at radius 3 is 2.45 bits per heavy atom. The van der Waals surface area contributed by atoms with Gasteiger partial charge in [-0.05, 0) is 26.8 Å². The first-order valence-electron chi connectivity index (χ1n) is 3.72. The molecule has 0 bridgehead atoms. The van der Waals surface area contributed by atoms with Gasteiger partial charge in [-0.25, -0.2) is 4.79 Å². The number of nitrogens with one attached hydrogen (secondary N) is 2. The van der Waals surface area contributed by atoms with E-state index in [4.69, 9.17) is 5.73 Å². The molecule has 4 N–H and O–H groups in total. The van der Waals surface area contributed by atoms with Gasteiger partial charge < -0.3 is 16.4 Å². The minimum atomic E-state index is -0.213. The average molecular weight is 159 g/mol. The van der Waals surface area contributed by atoms with Crippen molar-refractivity contribution >= 4 is 6.03 Å². The molecule has 0 radical (unpaired) electrons. The van der Waals surface area contributed by atoms with E-state index in [2.05, 4.69) is 10.6 Å². The fourth-order valence-electron chi connectivity index (χ4n) is 0.793. The Morgan fingerprint density at radius 1 is 1.55 bits per heavy atom. The lowest BCUT2D eigenvalue weighted by Crippen LogP contribution is -2.48. The summed E-state index contributed by atoms with van der Waals surface area (Å²) in [7, 11) is 1.59. The minimum absolute atomic E-state index is 0.163. The van der Waals surface area contributed by atoms with Crippen LogP contribution < -0.4 is 16.4 Å². The molecule has 0 spiro atoms. The molecule has 0 aromatic rings. The smallest absolute Gasteiger partial charge is 0.314 e. The molecule has 0 atom stereocenters. The van der Waals surface area contributed by atoms with Crippen LogP contribution in [0.3, 0.4) is 0 Å². The molecule has 0 heterocycles. The van der Waals surface area contributed by atoms with Crippen molar-refractivity contribution in [1.82, 2.24) is 10.6 Å². The molecular formula is C7H17N3O. The lowest BCUT2D eigenvalue weighted by molar-refractivity contribution is 0.230. The minimum Gasteiger partial charge on any atom is -0.341 e. The van der Waals surface area contributed by atoms with Gasteiger partial charge in [0, 0.05) is 12.6 Å². The van der Waals surface area contributed by atoms with Gasteiger partial charge in [-0.1, -0.05) is 0 Å². The summed E-state index contributed by atoms with van der Waals surface area (Å²) < 4.78 is 0. The molecule has 4 heteroatoms. The molecule has 0 aliphatic carbocycles. The van der Waals surface area contributed by atoms with Gasteiger partial charge in [0.15, 0.2) is 0 Å². The molecule has 0 unspecified atom stereocenters. The Labute approximate surface area is 67.5 Å². The highest BCUT2D eigenvalue weighted by Gasteiger charge is 2.17. The van der Waals surface area contributed by atoms with Crippen LogP contribution in [0.1, 0.15) is 20.3 Å². The van der Waals surface area contributed by atoms with Crippen LogP contribution >= 0.6 is 0 Å². The average Bonchev–Trinajstić information content (AvgIpc) is 1.86. The van der Waals surface area contributed by atoms with Gasteiger partial charge >= 0.3 is 6.03 Å². The molecular weight excluding hydrogens is 142 g/mol. The van der Waals surface area contributed by atoms with Gasteiger partial charge in [-0.2, -0.15) is 0 Å². The van der Waals surface area contributed by atoms with Crippen LogP contribution in [-0.2, 0) is 0 Å². The molecule has 11 heavy (non-hydrogen) atoms. The molecule has 0 rings (SSSR count). The lowest BCUT2D eigenvalue weighted by Gasteiger charge is -2.25. The van der Waals surface area contributed by atoms with Crippen LogP contribution in [0.5, 0.6) is 0 Å². The third-order valence-electron chi connectivity index (χ3n) is 1.45. The van der Waals surface area contributed by atoms with Crippen LogP contribution in [0.25, 0.3) is 0 Å². The first-order chi connectivity index (χ1) is 5.02. The van der Waals surface area contributed by atoms with Crippen molar-refractivity contribution in [2.75, 3.05) is 13.6 Å². The van der Waals surface area contributed by atoms with Crippen LogP contribution in [0.15, 0.2) is 0 Å². The summed E-state index contributed by atoms with van der Waals surface area (Å²) in [6.07, 6.45) is 0.778. The first kappa shape index (κ1) is 10.2. The number of carbonyl (C=O) groups excluding carboxylic acids is 1. The van der Waals surface area contributed by atoms with E-state index in [1.54, 1.807) is 7.05 Å². The Hall–Kier alpha value is -0.770. The Kier molecular flexibility index (Phi) is 3.89. The second kappa shape index (κ2) is 4.18. The third kappa shape index (κ3) is 4.61. The molecule has 66 valence electrons. The summed E-state index contributed by atoms with van der Waals surface area (Å²) >= 11 is 0. The van der Waals surface area contributed by atoms with E-state index in [1.165, 1.54) is 0 Å². The number of hydrogen-bond acceptors (Lipinski definition) is 2. The number of amides is 2. The highest BCUT2D eigenvalue weighted by atomic mass is 16.2. The summed E-state index contributed by atoms with van der Waals surface area (Å²) in [6, 6.07) is -0.163. The molecule has 0 aromatic heterocycles. The third-order valence-corrected chi connectivity index (χ3v) is 1.45. The number of hydrogen-bond donors (Lipinski definition) is 3. The van der Waals surface area contributed by atoms with Gasteiger partial charge in [-0.15, -0.1) is 0 Å². The molecule has 0 aliphatic rings. The van der Waals surface area contributed by atoms with E-state index >= 15 is 0 Å². The van der Waals surface area contributed by atoms with Crippen LogP contribution in [0.4, 0.5) is 4.79 Å². The maximum absolute atomic E-state index is 10.8. The van der Waals surface area contributed by atoms with Crippen LogP contribution in [0, 0.1) is 0 Å². The fraction of sp³-hybridized carbons (Fsp3) is 0.857. The van der Waals surface area contributed by atoms with Crippen molar-refractivity contribution in [1.29, 1.82) is 0 Å². The van der Waals surface area contributed by atoms with Gasteiger partial charge in [0.25, 0.3) is 0 Å². The maximum atomic E-state index is 10.8.